The molecule has 2 heterocycles. The van der Waals surface area contributed by atoms with Crippen molar-refractivity contribution in [1.29, 1.82) is 0 Å². The molecule has 8 N–H and O–H groups in total. The molecule has 0 saturated carbocycles. The zero-order valence-electron chi connectivity index (χ0n) is 12.0. The molecule has 0 radical (unpaired) electrons. The highest BCUT2D eigenvalue weighted by Gasteiger charge is 2.50. The Morgan fingerprint density at radius 2 is 1.26 bits per heavy atom. The van der Waals surface area contributed by atoms with Gasteiger partial charge in [-0.05, 0) is 0 Å². The van der Waals surface area contributed by atoms with Crippen molar-refractivity contribution in [3.63, 3.8) is 0 Å². The maximum absolute atomic E-state index is 9.94. The molecule has 2 rings (SSSR count). The molecule has 0 aromatic heterocycles. The van der Waals surface area contributed by atoms with Crippen molar-refractivity contribution in [2.45, 2.75) is 61.4 Å². The number of hydrogen-bond donors (Lipinski definition) is 8. The smallest absolute Gasteiger partial charge is 0.187 e. The van der Waals surface area contributed by atoms with Crippen LogP contribution in [0, 0.1) is 0 Å². The molecule has 11 heteroatoms. The van der Waals surface area contributed by atoms with E-state index >= 15 is 0 Å². The predicted octanol–water partition coefficient (Wildman–Crippen LogP) is -5.40. The largest absolute Gasteiger partial charge is 0.394 e. The fourth-order valence-electron chi connectivity index (χ4n) is 2.57. The first-order valence-corrected chi connectivity index (χ1v) is 7.08. The van der Waals surface area contributed by atoms with Gasteiger partial charge in [0.25, 0.3) is 0 Å². The molecule has 136 valence electrons. The van der Waals surface area contributed by atoms with Gasteiger partial charge in [-0.2, -0.15) is 0 Å². The van der Waals surface area contributed by atoms with E-state index in [-0.39, 0.29) is 0 Å². The Balaban J connectivity index is 2.11. The van der Waals surface area contributed by atoms with Crippen molar-refractivity contribution in [3.05, 3.63) is 0 Å². The second-order valence-corrected chi connectivity index (χ2v) is 5.53. The molecule has 2 saturated heterocycles. The van der Waals surface area contributed by atoms with Crippen LogP contribution in [-0.4, -0.2) is 115 Å². The summed E-state index contributed by atoms with van der Waals surface area (Å²) in [5, 5.41) is 76.5. The molecule has 2 fully saturated rings. The fourth-order valence-corrected chi connectivity index (χ4v) is 2.57. The molecule has 0 aliphatic carbocycles. The molecule has 23 heavy (non-hydrogen) atoms. The molecule has 0 aromatic carbocycles. The van der Waals surface area contributed by atoms with Gasteiger partial charge in [-0.15, -0.1) is 0 Å². The van der Waals surface area contributed by atoms with E-state index in [1.807, 2.05) is 0 Å². The first-order chi connectivity index (χ1) is 10.8. The molecule has 9 unspecified atom stereocenters. The van der Waals surface area contributed by atoms with Crippen molar-refractivity contribution < 1.29 is 55.1 Å². The van der Waals surface area contributed by atoms with Crippen LogP contribution in [0.4, 0.5) is 0 Å². The number of rotatable bonds is 4. The van der Waals surface area contributed by atoms with Crippen molar-refractivity contribution in [2.24, 2.45) is 0 Å². The first-order valence-electron chi connectivity index (χ1n) is 7.08. The Hall–Kier alpha value is -0.440. The van der Waals surface area contributed by atoms with Gasteiger partial charge in [0, 0.05) is 0 Å². The maximum atomic E-state index is 9.94. The Morgan fingerprint density at radius 3 is 1.83 bits per heavy atom. The molecular weight excluding hydrogens is 320 g/mol. The third-order valence-corrected chi connectivity index (χ3v) is 3.98. The average molecular weight is 342 g/mol. The number of ether oxygens (including phenoxy) is 3. The summed E-state index contributed by atoms with van der Waals surface area (Å²) in [6.07, 6.45) is -15.6. The van der Waals surface area contributed by atoms with Gasteiger partial charge in [0.15, 0.2) is 12.6 Å². The van der Waals surface area contributed by atoms with Crippen LogP contribution < -0.4 is 0 Å². The molecule has 0 aromatic rings. The zero-order chi connectivity index (χ0) is 17.3. The Morgan fingerprint density at radius 1 is 0.652 bits per heavy atom. The van der Waals surface area contributed by atoms with Gasteiger partial charge in [-0.1, -0.05) is 0 Å². The summed E-state index contributed by atoms with van der Waals surface area (Å²) in [5.41, 5.74) is 0. The molecular formula is C12H22O11. The van der Waals surface area contributed by atoms with Gasteiger partial charge in [0.05, 0.1) is 13.2 Å². The van der Waals surface area contributed by atoms with E-state index in [0.29, 0.717) is 0 Å². The van der Waals surface area contributed by atoms with Gasteiger partial charge in [0.2, 0.25) is 0 Å². The second-order valence-electron chi connectivity index (χ2n) is 5.53. The number of aliphatic hydroxyl groups excluding tert-OH is 8. The predicted molar refractivity (Wildman–Crippen MR) is 68.6 cm³/mol. The minimum atomic E-state index is -1.74. The lowest BCUT2D eigenvalue weighted by molar-refractivity contribution is -0.355. The van der Waals surface area contributed by atoms with Crippen LogP contribution in [0.1, 0.15) is 0 Å². The number of aliphatic hydroxyl groups is 8. The average Bonchev–Trinajstić information content (AvgIpc) is 2.55. The standard InChI is InChI=1S/C12H22O11/c13-1-3-5(15)6(16)9(19)12(22-3)23-10-4(2-14)21-11(20)8(18)7(10)17/h3-20H,1-2H2/t3?,4?,5?,6?,7?,8?,9?,10?,11-,12?/m1/s1. The second kappa shape index (κ2) is 7.63. The summed E-state index contributed by atoms with van der Waals surface area (Å²) >= 11 is 0. The van der Waals surface area contributed by atoms with E-state index in [1.165, 1.54) is 0 Å². The summed E-state index contributed by atoms with van der Waals surface area (Å²) in [4.78, 5) is 0. The van der Waals surface area contributed by atoms with Gasteiger partial charge in [0.1, 0.15) is 48.8 Å². The Labute approximate surface area is 130 Å². The van der Waals surface area contributed by atoms with E-state index in [9.17, 15) is 35.7 Å². The first kappa shape index (κ1) is 18.9. The fraction of sp³-hybridized carbons (Fsp3) is 1.00. The minimum absolute atomic E-state index is 0.667. The molecule has 0 amide bonds. The summed E-state index contributed by atoms with van der Waals surface area (Å²) in [7, 11) is 0. The summed E-state index contributed by atoms with van der Waals surface area (Å²) in [6.45, 7) is -1.35. The third kappa shape index (κ3) is 3.65. The van der Waals surface area contributed by atoms with E-state index in [0.717, 1.165) is 0 Å². The van der Waals surface area contributed by atoms with Crippen molar-refractivity contribution in [2.75, 3.05) is 13.2 Å². The van der Waals surface area contributed by atoms with Gasteiger partial charge >= 0.3 is 0 Å². The summed E-state index contributed by atoms with van der Waals surface area (Å²) in [6, 6.07) is 0. The van der Waals surface area contributed by atoms with E-state index in [2.05, 4.69) is 0 Å². The van der Waals surface area contributed by atoms with Gasteiger partial charge in [-0.3, -0.25) is 0 Å². The lowest BCUT2D eigenvalue weighted by Gasteiger charge is -2.45. The topological polar surface area (TPSA) is 190 Å². The molecule has 0 bridgehead atoms. The number of hydrogen-bond acceptors (Lipinski definition) is 11. The van der Waals surface area contributed by atoms with Gasteiger partial charge < -0.3 is 55.1 Å². The third-order valence-electron chi connectivity index (χ3n) is 3.98. The quantitative estimate of drug-likeness (QED) is 0.243. The highest BCUT2D eigenvalue weighted by molar-refractivity contribution is 4.93. The van der Waals surface area contributed by atoms with Crippen LogP contribution in [0.25, 0.3) is 0 Å². The van der Waals surface area contributed by atoms with Crippen molar-refractivity contribution in [3.8, 4) is 0 Å². The van der Waals surface area contributed by atoms with Crippen LogP contribution in [0.3, 0.4) is 0 Å². The Kier molecular flexibility index (Phi) is 6.27. The molecule has 2 aliphatic heterocycles. The van der Waals surface area contributed by atoms with E-state index in [1.54, 1.807) is 0 Å². The van der Waals surface area contributed by atoms with Crippen LogP contribution in [0.5, 0.6) is 0 Å². The SMILES string of the molecule is OCC1OC(OC2C(CO)O[C@@H](O)C(O)C2O)C(O)C(O)C1O. The Bertz CT molecular complexity index is 378. The van der Waals surface area contributed by atoms with Crippen LogP contribution >= 0.6 is 0 Å². The molecule has 2 aliphatic rings. The summed E-state index contributed by atoms with van der Waals surface area (Å²) in [5.74, 6) is 0. The van der Waals surface area contributed by atoms with Crippen LogP contribution in [-0.2, 0) is 14.2 Å². The van der Waals surface area contributed by atoms with E-state index < -0.39 is 74.6 Å². The van der Waals surface area contributed by atoms with Crippen LogP contribution in [0.15, 0.2) is 0 Å². The van der Waals surface area contributed by atoms with Crippen molar-refractivity contribution in [1.82, 2.24) is 0 Å². The van der Waals surface area contributed by atoms with Crippen molar-refractivity contribution >= 4 is 0 Å². The maximum Gasteiger partial charge on any atom is 0.187 e. The molecule has 11 nitrogen and oxygen atoms in total. The highest BCUT2D eigenvalue weighted by Crippen LogP contribution is 2.28. The molecule has 0 spiro atoms. The van der Waals surface area contributed by atoms with Crippen LogP contribution in [0.2, 0.25) is 0 Å². The lowest BCUT2D eigenvalue weighted by Crippen LogP contribution is -2.64. The monoisotopic (exact) mass is 342 g/mol. The van der Waals surface area contributed by atoms with Gasteiger partial charge in [-0.25, -0.2) is 0 Å². The summed E-state index contributed by atoms with van der Waals surface area (Å²) < 4.78 is 15.3. The highest BCUT2D eigenvalue weighted by atomic mass is 16.7. The minimum Gasteiger partial charge on any atom is -0.394 e. The van der Waals surface area contributed by atoms with E-state index in [4.69, 9.17) is 19.3 Å². The zero-order valence-corrected chi connectivity index (χ0v) is 12.0. The normalized spacial score (nSPS) is 51.7. The molecule has 10 atom stereocenters. The lowest BCUT2D eigenvalue weighted by atomic mass is 9.97.